The van der Waals surface area contributed by atoms with Crippen molar-refractivity contribution in [2.24, 2.45) is 5.92 Å². The van der Waals surface area contributed by atoms with Crippen molar-refractivity contribution in [3.63, 3.8) is 0 Å². The summed E-state index contributed by atoms with van der Waals surface area (Å²) in [6, 6.07) is 7.39. The Bertz CT molecular complexity index is 750. The monoisotopic (exact) mass is 357 g/mol. The molecule has 2 aromatic rings. The van der Waals surface area contributed by atoms with Crippen LogP contribution in [0.4, 0.5) is 0 Å². The quantitative estimate of drug-likeness (QED) is 0.813. The van der Waals surface area contributed by atoms with Gasteiger partial charge in [-0.1, -0.05) is 19.1 Å². The highest BCUT2D eigenvalue weighted by Crippen LogP contribution is 2.33. The number of nitrogens with one attached hydrogen (secondary N) is 1. The molecule has 0 aliphatic heterocycles. The number of esters is 1. The van der Waals surface area contributed by atoms with Crippen LogP contribution in [0.2, 0.25) is 0 Å². The average molecular weight is 357 g/mol. The average Bonchev–Trinajstić information content (AvgIpc) is 3.18. The lowest BCUT2D eigenvalue weighted by molar-refractivity contribution is -0.153. The molecule has 1 saturated carbocycles. The van der Waals surface area contributed by atoms with E-state index in [1.165, 1.54) is 13.4 Å². The number of nitrogens with zero attached hydrogens (tertiary/aromatic N) is 4. The van der Waals surface area contributed by atoms with E-state index in [1.807, 2.05) is 24.3 Å². The Labute approximate surface area is 151 Å². The number of aromatic nitrogens is 4. The molecule has 0 atom stereocenters. The molecular formula is C18H23N5O3. The number of carbonyl (C=O) groups excluding carboxylic acids is 2. The smallest absolute Gasteiger partial charge is 0.331 e. The summed E-state index contributed by atoms with van der Waals surface area (Å²) in [7, 11) is 1.37. The van der Waals surface area contributed by atoms with Gasteiger partial charge in [-0.15, -0.1) is 5.10 Å². The standard InChI is InChI=1S/C18H23N5O3/c1-13-7-9-18(10-8-13,17(25)26-2)20-16(24)11-14-3-5-15(6-4-14)23-12-19-21-22-23/h3-6,12-13H,7-11H2,1-2H3,(H,20,24). The maximum absolute atomic E-state index is 12.5. The first-order valence-corrected chi connectivity index (χ1v) is 8.74. The van der Waals surface area contributed by atoms with Gasteiger partial charge in [0.15, 0.2) is 0 Å². The molecule has 3 rings (SSSR count). The molecule has 0 unspecified atom stereocenters. The molecule has 8 heteroatoms. The van der Waals surface area contributed by atoms with Crippen LogP contribution in [0.1, 0.15) is 38.2 Å². The van der Waals surface area contributed by atoms with E-state index >= 15 is 0 Å². The van der Waals surface area contributed by atoms with Crippen molar-refractivity contribution in [3.8, 4) is 5.69 Å². The van der Waals surface area contributed by atoms with E-state index < -0.39 is 5.54 Å². The summed E-state index contributed by atoms with van der Waals surface area (Å²) in [6.45, 7) is 2.16. The fraction of sp³-hybridized carbons (Fsp3) is 0.500. The van der Waals surface area contributed by atoms with Crippen LogP contribution in [0.3, 0.4) is 0 Å². The minimum atomic E-state index is -0.898. The molecule has 8 nitrogen and oxygen atoms in total. The highest BCUT2D eigenvalue weighted by Gasteiger charge is 2.43. The Kier molecular flexibility index (Phi) is 5.29. The van der Waals surface area contributed by atoms with E-state index in [0.717, 1.165) is 24.1 Å². The predicted molar refractivity (Wildman–Crippen MR) is 93.4 cm³/mol. The zero-order chi connectivity index (χ0) is 18.6. The Morgan fingerprint density at radius 3 is 2.54 bits per heavy atom. The van der Waals surface area contributed by atoms with Crippen LogP contribution in [0.15, 0.2) is 30.6 Å². The normalized spacial score (nSPS) is 22.6. The first-order chi connectivity index (χ1) is 12.5. The van der Waals surface area contributed by atoms with Crippen molar-refractivity contribution >= 4 is 11.9 Å². The number of ether oxygens (including phenoxy) is 1. The molecule has 0 radical (unpaired) electrons. The first kappa shape index (κ1) is 18.0. The van der Waals surface area contributed by atoms with Crippen molar-refractivity contribution < 1.29 is 14.3 Å². The zero-order valence-electron chi connectivity index (χ0n) is 15.0. The SMILES string of the molecule is COC(=O)C1(NC(=O)Cc2ccc(-n3cnnn3)cc2)CCC(C)CC1. The van der Waals surface area contributed by atoms with E-state index in [9.17, 15) is 9.59 Å². The highest BCUT2D eigenvalue weighted by molar-refractivity contribution is 5.89. The van der Waals surface area contributed by atoms with Gasteiger partial charge in [0.05, 0.1) is 19.2 Å². The number of amides is 1. The van der Waals surface area contributed by atoms with Crippen LogP contribution in [0.25, 0.3) is 5.69 Å². The molecule has 1 fully saturated rings. The van der Waals surface area contributed by atoms with Crippen LogP contribution in [-0.4, -0.2) is 44.7 Å². The molecule has 0 bridgehead atoms. The maximum atomic E-state index is 12.5. The fourth-order valence-corrected chi connectivity index (χ4v) is 3.37. The lowest BCUT2D eigenvalue weighted by atomic mass is 9.77. The molecule has 1 aromatic carbocycles. The summed E-state index contributed by atoms with van der Waals surface area (Å²) in [4.78, 5) is 24.8. The van der Waals surface area contributed by atoms with Gasteiger partial charge in [-0.25, -0.2) is 9.48 Å². The zero-order valence-corrected chi connectivity index (χ0v) is 15.0. The summed E-state index contributed by atoms with van der Waals surface area (Å²) < 4.78 is 6.50. The Balaban J connectivity index is 1.66. The van der Waals surface area contributed by atoms with Crippen molar-refractivity contribution in [2.75, 3.05) is 7.11 Å². The molecule has 1 aliphatic carbocycles. The van der Waals surface area contributed by atoms with Gasteiger partial charge in [-0.3, -0.25) is 4.79 Å². The number of hydrogen-bond donors (Lipinski definition) is 1. The minimum Gasteiger partial charge on any atom is -0.467 e. The number of tetrazole rings is 1. The van der Waals surface area contributed by atoms with Crippen molar-refractivity contribution in [1.82, 2.24) is 25.5 Å². The van der Waals surface area contributed by atoms with Gasteiger partial charge in [-0.2, -0.15) is 0 Å². The van der Waals surface area contributed by atoms with Crippen LogP contribution in [0, 0.1) is 5.92 Å². The summed E-state index contributed by atoms with van der Waals surface area (Å²) in [6.07, 6.45) is 4.73. The van der Waals surface area contributed by atoms with Gasteiger partial charge < -0.3 is 10.1 Å². The molecule has 138 valence electrons. The lowest BCUT2D eigenvalue weighted by Gasteiger charge is -2.37. The van der Waals surface area contributed by atoms with Crippen molar-refractivity contribution in [2.45, 2.75) is 44.6 Å². The number of methoxy groups -OCH3 is 1. The molecular weight excluding hydrogens is 334 g/mol. The second kappa shape index (κ2) is 7.63. The van der Waals surface area contributed by atoms with Gasteiger partial charge in [0.1, 0.15) is 11.9 Å². The van der Waals surface area contributed by atoms with E-state index in [-0.39, 0.29) is 18.3 Å². The van der Waals surface area contributed by atoms with Gasteiger partial charge in [0.2, 0.25) is 5.91 Å². The third kappa shape index (κ3) is 3.89. The molecule has 1 aromatic heterocycles. The molecule has 26 heavy (non-hydrogen) atoms. The third-order valence-electron chi connectivity index (χ3n) is 5.00. The molecule has 0 saturated heterocycles. The Hall–Kier alpha value is -2.77. The predicted octanol–water partition coefficient (Wildman–Crippen LogP) is 1.44. The van der Waals surface area contributed by atoms with Gasteiger partial charge in [0.25, 0.3) is 0 Å². The molecule has 1 N–H and O–H groups in total. The second-order valence-electron chi connectivity index (χ2n) is 6.90. The minimum absolute atomic E-state index is 0.180. The maximum Gasteiger partial charge on any atom is 0.331 e. The van der Waals surface area contributed by atoms with Crippen LogP contribution in [0.5, 0.6) is 0 Å². The largest absolute Gasteiger partial charge is 0.467 e. The van der Waals surface area contributed by atoms with Crippen LogP contribution < -0.4 is 5.32 Å². The summed E-state index contributed by atoms with van der Waals surface area (Å²) in [5.41, 5.74) is 0.764. The van der Waals surface area contributed by atoms with Gasteiger partial charge in [0, 0.05) is 0 Å². The van der Waals surface area contributed by atoms with Gasteiger partial charge >= 0.3 is 5.97 Å². The molecule has 1 amide bonds. The van der Waals surface area contributed by atoms with Crippen LogP contribution in [-0.2, 0) is 20.7 Å². The molecule has 0 spiro atoms. The van der Waals surface area contributed by atoms with Crippen LogP contribution >= 0.6 is 0 Å². The van der Waals surface area contributed by atoms with Crippen molar-refractivity contribution in [3.05, 3.63) is 36.2 Å². The Morgan fingerprint density at radius 1 is 1.27 bits per heavy atom. The summed E-state index contributed by atoms with van der Waals surface area (Å²) >= 11 is 0. The summed E-state index contributed by atoms with van der Waals surface area (Å²) in [5, 5.41) is 14.0. The van der Waals surface area contributed by atoms with E-state index in [1.54, 1.807) is 4.68 Å². The van der Waals surface area contributed by atoms with E-state index in [0.29, 0.717) is 18.8 Å². The highest BCUT2D eigenvalue weighted by atomic mass is 16.5. The number of carbonyl (C=O) groups is 2. The fourth-order valence-electron chi connectivity index (χ4n) is 3.37. The summed E-state index contributed by atoms with van der Waals surface area (Å²) in [5.74, 6) is 0.0235. The lowest BCUT2D eigenvalue weighted by Crippen LogP contribution is -2.57. The van der Waals surface area contributed by atoms with E-state index in [4.69, 9.17) is 4.74 Å². The number of rotatable bonds is 5. The molecule has 1 heterocycles. The van der Waals surface area contributed by atoms with E-state index in [2.05, 4.69) is 27.8 Å². The second-order valence-corrected chi connectivity index (χ2v) is 6.90. The molecule has 1 aliphatic rings. The topological polar surface area (TPSA) is 99.0 Å². The number of hydrogen-bond acceptors (Lipinski definition) is 6. The van der Waals surface area contributed by atoms with Gasteiger partial charge in [-0.05, 0) is 59.7 Å². The Morgan fingerprint density at radius 2 is 1.96 bits per heavy atom. The number of benzene rings is 1. The third-order valence-corrected chi connectivity index (χ3v) is 5.00. The first-order valence-electron chi connectivity index (χ1n) is 8.74. The van der Waals surface area contributed by atoms with Crippen molar-refractivity contribution in [1.29, 1.82) is 0 Å².